The van der Waals surface area contributed by atoms with Gasteiger partial charge in [-0.25, -0.2) is 4.99 Å². The number of rotatable bonds is 3. The molecule has 5 heteroatoms. The topological polar surface area (TPSA) is 67.2 Å². The summed E-state index contributed by atoms with van der Waals surface area (Å²) in [6.45, 7) is 0. The van der Waals surface area contributed by atoms with E-state index in [-0.39, 0.29) is 5.91 Å². The van der Waals surface area contributed by atoms with Crippen molar-refractivity contribution in [3.8, 4) is 0 Å². The number of hydrogen-bond acceptors (Lipinski definition) is 4. The SMILES string of the molecule is CNc1ccnc(C(=O)N=Cc2ccncc2)c1. The molecule has 0 bridgehead atoms. The van der Waals surface area contributed by atoms with E-state index in [4.69, 9.17) is 0 Å². The Morgan fingerprint density at radius 2 is 2.06 bits per heavy atom. The van der Waals surface area contributed by atoms with Gasteiger partial charge in [-0.2, -0.15) is 0 Å². The van der Waals surface area contributed by atoms with Crippen LogP contribution < -0.4 is 5.32 Å². The second-order valence-corrected chi connectivity index (χ2v) is 3.52. The lowest BCUT2D eigenvalue weighted by Crippen LogP contribution is -2.00. The van der Waals surface area contributed by atoms with Gasteiger partial charge in [0.15, 0.2) is 0 Å². The van der Waals surface area contributed by atoms with Gasteiger partial charge in [-0.1, -0.05) is 0 Å². The van der Waals surface area contributed by atoms with Gasteiger partial charge in [-0.05, 0) is 29.8 Å². The minimum atomic E-state index is -0.371. The number of carbonyl (C=O) groups excluding carboxylic acids is 1. The summed E-state index contributed by atoms with van der Waals surface area (Å²) >= 11 is 0. The van der Waals surface area contributed by atoms with Crippen molar-refractivity contribution in [1.29, 1.82) is 0 Å². The molecule has 2 aromatic rings. The van der Waals surface area contributed by atoms with E-state index in [1.807, 2.05) is 0 Å². The lowest BCUT2D eigenvalue weighted by molar-refractivity contribution is 0.0999. The van der Waals surface area contributed by atoms with Crippen LogP contribution in [0.15, 0.2) is 47.8 Å². The van der Waals surface area contributed by atoms with Gasteiger partial charge in [0.2, 0.25) is 0 Å². The summed E-state index contributed by atoms with van der Waals surface area (Å²) in [7, 11) is 1.78. The molecule has 0 unspecified atom stereocenters. The van der Waals surface area contributed by atoms with Crippen LogP contribution >= 0.6 is 0 Å². The molecule has 2 heterocycles. The Kier molecular flexibility index (Phi) is 3.76. The molecule has 0 saturated carbocycles. The zero-order valence-electron chi connectivity index (χ0n) is 9.87. The second kappa shape index (κ2) is 5.67. The van der Waals surface area contributed by atoms with Crippen LogP contribution in [0.3, 0.4) is 0 Å². The van der Waals surface area contributed by atoms with Gasteiger partial charge in [0.05, 0.1) is 0 Å². The molecule has 0 radical (unpaired) electrons. The molecule has 0 atom stereocenters. The zero-order valence-corrected chi connectivity index (χ0v) is 9.87. The number of aliphatic imine (C=N–C) groups is 1. The van der Waals surface area contributed by atoms with Crippen molar-refractivity contribution in [2.75, 3.05) is 12.4 Å². The van der Waals surface area contributed by atoms with Crippen molar-refractivity contribution in [3.05, 3.63) is 54.1 Å². The van der Waals surface area contributed by atoms with Crippen LogP contribution in [-0.4, -0.2) is 29.1 Å². The summed E-state index contributed by atoms with van der Waals surface area (Å²) in [5, 5.41) is 2.94. The Bertz CT molecular complexity index is 566. The van der Waals surface area contributed by atoms with Gasteiger partial charge in [-0.15, -0.1) is 0 Å². The highest BCUT2D eigenvalue weighted by atomic mass is 16.1. The fraction of sp³-hybridized carbons (Fsp3) is 0.0769. The average Bonchev–Trinajstić information content (AvgIpc) is 2.46. The van der Waals surface area contributed by atoms with Gasteiger partial charge in [0, 0.05) is 37.5 Å². The molecule has 1 amide bonds. The largest absolute Gasteiger partial charge is 0.388 e. The van der Waals surface area contributed by atoms with E-state index >= 15 is 0 Å². The first-order valence-corrected chi connectivity index (χ1v) is 5.42. The number of carbonyl (C=O) groups is 1. The Morgan fingerprint density at radius 1 is 1.28 bits per heavy atom. The third-order valence-corrected chi connectivity index (χ3v) is 2.30. The molecule has 0 fully saturated rings. The van der Waals surface area contributed by atoms with Crippen molar-refractivity contribution in [1.82, 2.24) is 9.97 Å². The fourth-order valence-corrected chi connectivity index (χ4v) is 1.35. The number of amides is 1. The summed E-state index contributed by atoms with van der Waals surface area (Å²) < 4.78 is 0. The first-order chi connectivity index (χ1) is 8.79. The van der Waals surface area contributed by atoms with E-state index in [1.54, 1.807) is 49.9 Å². The molecule has 0 aliphatic rings. The number of anilines is 1. The van der Waals surface area contributed by atoms with Crippen LogP contribution in [0, 0.1) is 0 Å². The van der Waals surface area contributed by atoms with Crippen molar-refractivity contribution in [2.24, 2.45) is 4.99 Å². The van der Waals surface area contributed by atoms with E-state index in [1.165, 1.54) is 6.21 Å². The van der Waals surface area contributed by atoms with E-state index in [0.29, 0.717) is 5.69 Å². The van der Waals surface area contributed by atoms with E-state index < -0.39 is 0 Å². The maximum atomic E-state index is 11.8. The standard InChI is InChI=1S/C13H12N4O/c1-14-11-4-7-16-12(8-11)13(18)17-9-10-2-5-15-6-3-10/h2-9H,1H3,(H,14,16). The lowest BCUT2D eigenvalue weighted by atomic mass is 10.3. The predicted octanol–water partition coefficient (Wildman–Crippen LogP) is 1.78. The van der Waals surface area contributed by atoms with Crippen molar-refractivity contribution >= 4 is 17.8 Å². The average molecular weight is 240 g/mol. The van der Waals surface area contributed by atoms with Crippen LogP contribution in [0.25, 0.3) is 0 Å². The zero-order chi connectivity index (χ0) is 12.8. The first kappa shape index (κ1) is 11.9. The first-order valence-electron chi connectivity index (χ1n) is 5.42. The molecular weight excluding hydrogens is 228 g/mol. The Labute approximate surface area is 105 Å². The van der Waals surface area contributed by atoms with E-state index in [9.17, 15) is 4.79 Å². The Balaban J connectivity index is 2.14. The molecule has 0 aliphatic carbocycles. The molecule has 0 spiro atoms. The molecule has 0 aliphatic heterocycles. The molecule has 2 rings (SSSR count). The summed E-state index contributed by atoms with van der Waals surface area (Å²) in [6, 6.07) is 6.98. The lowest BCUT2D eigenvalue weighted by Gasteiger charge is -2.00. The number of nitrogens with zero attached hydrogens (tertiary/aromatic N) is 3. The second-order valence-electron chi connectivity index (χ2n) is 3.52. The molecule has 2 aromatic heterocycles. The maximum absolute atomic E-state index is 11.8. The summed E-state index contributed by atoms with van der Waals surface area (Å²) in [5.41, 5.74) is 1.96. The van der Waals surface area contributed by atoms with Gasteiger partial charge in [-0.3, -0.25) is 14.8 Å². The number of hydrogen-bond donors (Lipinski definition) is 1. The normalized spacial score (nSPS) is 10.5. The molecule has 1 N–H and O–H groups in total. The summed E-state index contributed by atoms with van der Waals surface area (Å²) in [5.74, 6) is -0.371. The smallest absolute Gasteiger partial charge is 0.295 e. The fourth-order valence-electron chi connectivity index (χ4n) is 1.35. The molecule has 18 heavy (non-hydrogen) atoms. The molecular formula is C13H12N4O. The predicted molar refractivity (Wildman–Crippen MR) is 69.9 cm³/mol. The summed E-state index contributed by atoms with van der Waals surface area (Å²) in [6.07, 6.45) is 6.36. The van der Waals surface area contributed by atoms with Crippen molar-refractivity contribution in [3.63, 3.8) is 0 Å². The number of pyridine rings is 2. The van der Waals surface area contributed by atoms with Crippen LogP contribution in [0.5, 0.6) is 0 Å². The highest BCUT2D eigenvalue weighted by Crippen LogP contribution is 2.07. The highest BCUT2D eigenvalue weighted by molar-refractivity contribution is 6.00. The number of aromatic nitrogens is 2. The molecule has 0 aromatic carbocycles. The van der Waals surface area contributed by atoms with E-state index in [0.717, 1.165) is 11.3 Å². The maximum Gasteiger partial charge on any atom is 0.295 e. The van der Waals surface area contributed by atoms with Crippen molar-refractivity contribution in [2.45, 2.75) is 0 Å². The van der Waals surface area contributed by atoms with Crippen LogP contribution in [-0.2, 0) is 0 Å². The van der Waals surface area contributed by atoms with Crippen LogP contribution in [0.2, 0.25) is 0 Å². The molecule has 0 saturated heterocycles. The van der Waals surface area contributed by atoms with Gasteiger partial charge < -0.3 is 5.32 Å². The highest BCUT2D eigenvalue weighted by Gasteiger charge is 2.05. The molecule has 90 valence electrons. The van der Waals surface area contributed by atoms with Crippen LogP contribution in [0.1, 0.15) is 16.1 Å². The van der Waals surface area contributed by atoms with Gasteiger partial charge in [0.1, 0.15) is 5.69 Å². The minimum Gasteiger partial charge on any atom is -0.388 e. The third kappa shape index (κ3) is 2.98. The molecule has 5 nitrogen and oxygen atoms in total. The van der Waals surface area contributed by atoms with Gasteiger partial charge >= 0.3 is 0 Å². The van der Waals surface area contributed by atoms with E-state index in [2.05, 4.69) is 20.3 Å². The Morgan fingerprint density at radius 3 is 2.78 bits per heavy atom. The van der Waals surface area contributed by atoms with Crippen LogP contribution in [0.4, 0.5) is 5.69 Å². The third-order valence-electron chi connectivity index (χ3n) is 2.30. The monoisotopic (exact) mass is 240 g/mol. The Hall–Kier alpha value is -2.56. The quantitative estimate of drug-likeness (QED) is 0.830. The van der Waals surface area contributed by atoms with Gasteiger partial charge in [0.25, 0.3) is 5.91 Å². The minimum absolute atomic E-state index is 0.312. The number of nitrogens with one attached hydrogen (secondary N) is 1. The van der Waals surface area contributed by atoms with Crippen molar-refractivity contribution < 1.29 is 4.79 Å². The summed E-state index contributed by atoms with van der Waals surface area (Å²) in [4.78, 5) is 23.5.